The Balaban J connectivity index is 2.12. The van der Waals surface area contributed by atoms with Crippen molar-refractivity contribution in [3.05, 3.63) is 71.3 Å². The van der Waals surface area contributed by atoms with Gasteiger partial charge < -0.3 is 5.11 Å². The maximum absolute atomic E-state index is 12.9. The molecule has 140 valence electrons. The third kappa shape index (κ3) is 3.37. The topological polar surface area (TPSA) is 70.5 Å². The molecule has 0 spiro atoms. The fraction of sp³-hybridized carbons (Fsp3) is 0.318. The van der Waals surface area contributed by atoms with E-state index in [1.54, 1.807) is 38.2 Å². The van der Waals surface area contributed by atoms with Crippen molar-refractivity contribution in [2.24, 2.45) is 5.92 Å². The second-order valence-corrected chi connectivity index (χ2v) is 7.36. The number of hydrogen-bond acceptors (Lipinski definition) is 4. The van der Waals surface area contributed by atoms with Crippen LogP contribution in [-0.2, 0) is 9.59 Å². The van der Waals surface area contributed by atoms with E-state index >= 15 is 0 Å². The average molecular weight is 364 g/mol. The first kappa shape index (κ1) is 18.8. The first-order chi connectivity index (χ1) is 12.8. The molecule has 1 aliphatic heterocycles. The Labute approximate surface area is 159 Å². The molecule has 1 atom stereocenters. The highest BCUT2D eigenvalue weighted by Crippen LogP contribution is 2.41. The van der Waals surface area contributed by atoms with Crippen LogP contribution in [0.2, 0.25) is 0 Å². The van der Waals surface area contributed by atoms with Crippen LogP contribution in [0.4, 0.5) is 5.69 Å². The van der Waals surface area contributed by atoms with E-state index in [-0.39, 0.29) is 17.3 Å². The molecule has 27 heavy (non-hydrogen) atoms. The van der Waals surface area contributed by atoms with Gasteiger partial charge in [-0.3, -0.25) is 19.5 Å². The molecule has 1 aromatic carbocycles. The number of aromatic nitrogens is 1. The van der Waals surface area contributed by atoms with Crippen molar-refractivity contribution in [2.75, 3.05) is 4.90 Å². The van der Waals surface area contributed by atoms with Crippen molar-refractivity contribution in [3.63, 3.8) is 0 Å². The van der Waals surface area contributed by atoms with E-state index in [0.29, 0.717) is 17.3 Å². The number of pyridine rings is 1. The van der Waals surface area contributed by atoms with Crippen molar-refractivity contribution in [1.82, 2.24) is 4.98 Å². The largest absolute Gasteiger partial charge is 0.503 e. The van der Waals surface area contributed by atoms with E-state index in [1.165, 1.54) is 4.90 Å². The number of aliphatic hydroxyl groups is 1. The monoisotopic (exact) mass is 364 g/mol. The molecule has 0 fully saturated rings. The Bertz CT molecular complexity index is 884. The molecule has 1 aliphatic rings. The van der Waals surface area contributed by atoms with Crippen LogP contribution in [-0.4, -0.2) is 21.8 Å². The summed E-state index contributed by atoms with van der Waals surface area (Å²) in [6.07, 6.45) is 1.62. The normalized spacial score (nSPS) is 17.3. The first-order valence-corrected chi connectivity index (χ1v) is 9.14. The van der Waals surface area contributed by atoms with Gasteiger partial charge in [-0.05, 0) is 35.7 Å². The van der Waals surface area contributed by atoms with Gasteiger partial charge in [-0.25, -0.2) is 0 Å². The number of hydrogen-bond donors (Lipinski definition) is 1. The molecule has 0 radical (unpaired) electrons. The maximum atomic E-state index is 12.9. The predicted molar refractivity (Wildman–Crippen MR) is 104 cm³/mol. The summed E-state index contributed by atoms with van der Waals surface area (Å²) in [5, 5.41) is 10.5. The molecule has 3 rings (SSSR count). The number of Topliss-reactive ketones (excluding diaryl/α,β-unsaturated/α-hetero) is 1. The van der Waals surface area contributed by atoms with Crippen LogP contribution < -0.4 is 4.90 Å². The zero-order valence-corrected chi connectivity index (χ0v) is 16.0. The summed E-state index contributed by atoms with van der Waals surface area (Å²) in [6, 6.07) is 12.2. The minimum Gasteiger partial charge on any atom is -0.503 e. The second kappa shape index (κ2) is 7.35. The third-order valence-electron chi connectivity index (χ3n) is 4.80. The number of amides is 1. The number of ketones is 1. The summed E-state index contributed by atoms with van der Waals surface area (Å²) in [7, 11) is 0. The molecule has 2 heterocycles. The molecule has 1 N–H and O–H groups in total. The summed E-state index contributed by atoms with van der Waals surface area (Å²) < 4.78 is 0. The number of benzene rings is 1. The van der Waals surface area contributed by atoms with E-state index in [4.69, 9.17) is 0 Å². The van der Waals surface area contributed by atoms with Crippen LogP contribution in [0.25, 0.3) is 0 Å². The zero-order chi connectivity index (χ0) is 19.7. The molecule has 1 aromatic heterocycles. The molecule has 0 saturated carbocycles. The van der Waals surface area contributed by atoms with Gasteiger partial charge in [-0.15, -0.1) is 0 Å². The highest BCUT2D eigenvalue weighted by Gasteiger charge is 2.45. The summed E-state index contributed by atoms with van der Waals surface area (Å²) >= 11 is 0. The van der Waals surface area contributed by atoms with Gasteiger partial charge in [-0.2, -0.15) is 0 Å². The number of nitrogens with zero attached hydrogens (tertiary/aromatic N) is 2. The number of carbonyl (C=O) groups excluding carboxylic acids is 2. The quantitative estimate of drug-likeness (QED) is 0.857. The SMILES string of the molecule is CC(C)C(=O)C1=C(O)C(=O)N(c2ccc(C(C)C)cc2)C1c1ccccn1. The van der Waals surface area contributed by atoms with E-state index in [1.807, 2.05) is 24.3 Å². The van der Waals surface area contributed by atoms with Crippen LogP contribution in [0.5, 0.6) is 0 Å². The van der Waals surface area contributed by atoms with Crippen molar-refractivity contribution in [2.45, 2.75) is 39.7 Å². The molecule has 2 aromatic rings. The van der Waals surface area contributed by atoms with Crippen LogP contribution in [0.3, 0.4) is 0 Å². The lowest BCUT2D eigenvalue weighted by Gasteiger charge is -2.26. The second-order valence-electron chi connectivity index (χ2n) is 7.36. The lowest BCUT2D eigenvalue weighted by molar-refractivity contribution is -0.119. The Kier molecular flexibility index (Phi) is 5.13. The summed E-state index contributed by atoms with van der Waals surface area (Å²) in [6.45, 7) is 7.70. The smallest absolute Gasteiger partial charge is 0.294 e. The van der Waals surface area contributed by atoms with Gasteiger partial charge in [0.05, 0.1) is 11.3 Å². The molecule has 5 heteroatoms. The molecule has 5 nitrogen and oxygen atoms in total. The minimum atomic E-state index is -0.738. The van der Waals surface area contributed by atoms with Gasteiger partial charge in [0.25, 0.3) is 5.91 Å². The van der Waals surface area contributed by atoms with Gasteiger partial charge in [-0.1, -0.05) is 45.9 Å². The predicted octanol–water partition coefficient (Wildman–Crippen LogP) is 4.33. The Hall–Kier alpha value is -2.95. The average Bonchev–Trinajstić information content (AvgIpc) is 2.93. The molecule has 0 aliphatic carbocycles. The van der Waals surface area contributed by atoms with Crippen LogP contribution in [0, 0.1) is 5.92 Å². The lowest BCUT2D eigenvalue weighted by Crippen LogP contribution is -2.32. The van der Waals surface area contributed by atoms with Gasteiger partial charge in [0.1, 0.15) is 6.04 Å². The Morgan fingerprint density at radius 3 is 2.26 bits per heavy atom. The number of anilines is 1. The summed E-state index contributed by atoms with van der Waals surface area (Å²) in [5.74, 6) is -1.30. The molecule has 1 amide bonds. The van der Waals surface area contributed by atoms with Gasteiger partial charge in [0, 0.05) is 17.8 Å². The van der Waals surface area contributed by atoms with Crippen LogP contribution in [0.1, 0.15) is 50.9 Å². The standard InChI is InChI=1S/C22H24N2O3/c1-13(2)15-8-10-16(11-9-15)24-19(17-7-5-6-12-23-17)18(20(25)14(3)4)21(26)22(24)27/h5-14,19,26H,1-4H3. The van der Waals surface area contributed by atoms with Gasteiger partial charge >= 0.3 is 0 Å². The Morgan fingerprint density at radius 2 is 1.74 bits per heavy atom. The summed E-state index contributed by atoms with van der Waals surface area (Å²) in [4.78, 5) is 31.5. The van der Waals surface area contributed by atoms with E-state index in [0.717, 1.165) is 5.56 Å². The highest BCUT2D eigenvalue weighted by atomic mass is 16.3. The van der Waals surface area contributed by atoms with Crippen molar-refractivity contribution >= 4 is 17.4 Å². The highest BCUT2D eigenvalue weighted by molar-refractivity contribution is 6.16. The van der Waals surface area contributed by atoms with Crippen LogP contribution in [0.15, 0.2) is 60.0 Å². The third-order valence-corrected chi connectivity index (χ3v) is 4.80. The lowest BCUT2D eigenvalue weighted by atomic mass is 9.93. The number of aliphatic hydroxyl groups excluding tert-OH is 1. The number of rotatable bonds is 5. The van der Waals surface area contributed by atoms with Crippen molar-refractivity contribution in [1.29, 1.82) is 0 Å². The van der Waals surface area contributed by atoms with Gasteiger partial charge in [0.2, 0.25) is 0 Å². The molecule has 0 saturated heterocycles. The first-order valence-electron chi connectivity index (χ1n) is 9.14. The van der Waals surface area contributed by atoms with Gasteiger partial charge in [0.15, 0.2) is 11.5 Å². The van der Waals surface area contributed by atoms with E-state index in [9.17, 15) is 14.7 Å². The maximum Gasteiger partial charge on any atom is 0.294 e. The number of carbonyl (C=O) groups is 2. The van der Waals surface area contributed by atoms with Crippen molar-refractivity contribution in [3.8, 4) is 0 Å². The summed E-state index contributed by atoms with van der Waals surface area (Å²) in [5.41, 5.74) is 2.43. The fourth-order valence-electron chi connectivity index (χ4n) is 3.27. The molecular weight excluding hydrogens is 340 g/mol. The molecular formula is C22H24N2O3. The van der Waals surface area contributed by atoms with Crippen LogP contribution >= 0.6 is 0 Å². The minimum absolute atomic E-state index is 0.113. The zero-order valence-electron chi connectivity index (χ0n) is 16.0. The molecule has 0 bridgehead atoms. The fourth-order valence-corrected chi connectivity index (χ4v) is 3.27. The Morgan fingerprint density at radius 1 is 1.07 bits per heavy atom. The molecule has 1 unspecified atom stereocenters. The van der Waals surface area contributed by atoms with Crippen molar-refractivity contribution < 1.29 is 14.7 Å². The van der Waals surface area contributed by atoms with E-state index < -0.39 is 17.7 Å². The van der Waals surface area contributed by atoms with E-state index in [2.05, 4.69) is 18.8 Å².